The van der Waals surface area contributed by atoms with Crippen molar-refractivity contribution in [2.75, 3.05) is 26.8 Å². The molecule has 112 valence electrons. The standard InChI is InChI=1S/C16H25NO3/c1-3-17-10-15-7-8-16(20-15)12-19-14-6-4-5-13(9-14)11-18-2/h4-6,9,15-17H,3,7-8,10-12H2,1-2H3. The molecule has 0 radical (unpaired) electrons. The molecule has 0 bridgehead atoms. The molecule has 0 aromatic heterocycles. The van der Waals surface area contributed by atoms with Crippen LogP contribution in [-0.4, -0.2) is 39.0 Å². The van der Waals surface area contributed by atoms with Crippen LogP contribution in [0.15, 0.2) is 24.3 Å². The van der Waals surface area contributed by atoms with E-state index in [-0.39, 0.29) is 6.10 Å². The second-order valence-corrected chi connectivity index (χ2v) is 5.16. The van der Waals surface area contributed by atoms with Crippen LogP contribution in [0.4, 0.5) is 0 Å². The molecule has 1 fully saturated rings. The molecule has 20 heavy (non-hydrogen) atoms. The summed E-state index contributed by atoms with van der Waals surface area (Å²) in [5, 5.41) is 3.33. The van der Waals surface area contributed by atoms with Crippen LogP contribution in [0.2, 0.25) is 0 Å². The van der Waals surface area contributed by atoms with Crippen LogP contribution in [0.3, 0.4) is 0 Å². The lowest BCUT2D eigenvalue weighted by molar-refractivity contribution is 0.0187. The van der Waals surface area contributed by atoms with E-state index in [9.17, 15) is 0 Å². The van der Waals surface area contributed by atoms with E-state index in [0.717, 1.165) is 37.2 Å². The van der Waals surface area contributed by atoms with E-state index in [1.807, 2.05) is 24.3 Å². The molecule has 2 unspecified atom stereocenters. The molecule has 1 heterocycles. The Hall–Kier alpha value is -1.10. The third kappa shape index (κ3) is 4.78. The van der Waals surface area contributed by atoms with Gasteiger partial charge in [-0.15, -0.1) is 0 Å². The molecule has 1 N–H and O–H groups in total. The van der Waals surface area contributed by atoms with Gasteiger partial charge in [0.05, 0.1) is 18.8 Å². The number of nitrogens with one attached hydrogen (secondary N) is 1. The summed E-state index contributed by atoms with van der Waals surface area (Å²) in [6.07, 6.45) is 2.74. The maximum absolute atomic E-state index is 5.95. The monoisotopic (exact) mass is 279 g/mol. The number of hydrogen-bond donors (Lipinski definition) is 1. The summed E-state index contributed by atoms with van der Waals surface area (Å²) in [5.41, 5.74) is 1.13. The smallest absolute Gasteiger partial charge is 0.119 e. The molecule has 0 saturated carbocycles. The Morgan fingerprint density at radius 2 is 2.15 bits per heavy atom. The number of benzene rings is 1. The fourth-order valence-electron chi connectivity index (χ4n) is 2.44. The lowest BCUT2D eigenvalue weighted by Crippen LogP contribution is -2.28. The van der Waals surface area contributed by atoms with Gasteiger partial charge in [0.1, 0.15) is 12.4 Å². The summed E-state index contributed by atoms with van der Waals surface area (Å²) in [4.78, 5) is 0. The van der Waals surface area contributed by atoms with Gasteiger partial charge in [-0.3, -0.25) is 0 Å². The maximum atomic E-state index is 5.95. The summed E-state index contributed by atoms with van der Waals surface area (Å²) in [7, 11) is 1.70. The van der Waals surface area contributed by atoms with Gasteiger partial charge in [-0.25, -0.2) is 0 Å². The van der Waals surface area contributed by atoms with Crippen molar-refractivity contribution in [2.45, 2.75) is 38.6 Å². The van der Waals surface area contributed by atoms with Gasteiger partial charge in [-0.2, -0.15) is 0 Å². The van der Waals surface area contributed by atoms with Crippen molar-refractivity contribution in [1.82, 2.24) is 5.32 Å². The molecule has 1 aromatic rings. The van der Waals surface area contributed by atoms with E-state index in [2.05, 4.69) is 12.2 Å². The van der Waals surface area contributed by atoms with Gasteiger partial charge in [0, 0.05) is 13.7 Å². The summed E-state index contributed by atoms with van der Waals surface area (Å²) in [6.45, 7) is 5.28. The number of likely N-dealkylation sites (N-methyl/N-ethyl adjacent to an activating group) is 1. The van der Waals surface area contributed by atoms with Crippen molar-refractivity contribution < 1.29 is 14.2 Å². The minimum Gasteiger partial charge on any atom is -0.491 e. The van der Waals surface area contributed by atoms with Crippen molar-refractivity contribution >= 4 is 0 Å². The highest BCUT2D eigenvalue weighted by atomic mass is 16.5. The van der Waals surface area contributed by atoms with Crippen molar-refractivity contribution in [3.8, 4) is 5.75 Å². The van der Waals surface area contributed by atoms with Gasteiger partial charge < -0.3 is 19.5 Å². The van der Waals surface area contributed by atoms with Crippen LogP contribution in [0.5, 0.6) is 5.75 Å². The fraction of sp³-hybridized carbons (Fsp3) is 0.625. The maximum Gasteiger partial charge on any atom is 0.119 e. The van der Waals surface area contributed by atoms with E-state index in [4.69, 9.17) is 14.2 Å². The number of methoxy groups -OCH3 is 1. The Morgan fingerprint density at radius 3 is 2.95 bits per heavy atom. The Kier molecular flexibility index (Phi) is 6.30. The molecule has 1 aliphatic heterocycles. The lowest BCUT2D eigenvalue weighted by atomic mass is 10.2. The number of ether oxygens (including phenoxy) is 3. The zero-order valence-corrected chi connectivity index (χ0v) is 12.4. The van der Waals surface area contributed by atoms with Gasteiger partial charge >= 0.3 is 0 Å². The van der Waals surface area contributed by atoms with Crippen LogP contribution in [0.1, 0.15) is 25.3 Å². The van der Waals surface area contributed by atoms with Crippen molar-refractivity contribution in [3.63, 3.8) is 0 Å². The first-order valence-corrected chi connectivity index (χ1v) is 7.38. The first-order chi connectivity index (χ1) is 9.81. The van der Waals surface area contributed by atoms with Crippen LogP contribution >= 0.6 is 0 Å². The zero-order valence-electron chi connectivity index (χ0n) is 12.4. The molecule has 1 saturated heterocycles. The topological polar surface area (TPSA) is 39.7 Å². The van der Waals surface area contributed by atoms with Crippen LogP contribution in [0.25, 0.3) is 0 Å². The summed E-state index contributed by atoms with van der Waals surface area (Å²) in [5.74, 6) is 0.887. The van der Waals surface area contributed by atoms with E-state index in [1.54, 1.807) is 7.11 Å². The first-order valence-electron chi connectivity index (χ1n) is 7.38. The van der Waals surface area contributed by atoms with Gasteiger partial charge in [-0.1, -0.05) is 19.1 Å². The summed E-state index contributed by atoms with van der Waals surface area (Å²) >= 11 is 0. The average Bonchev–Trinajstić information content (AvgIpc) is 2.92. The van der Waals surface area contributed by atoms with Crippen LogP contribution in [0, 0.1) is 0 Å². The molecule has 0 aliphatic carbocycles. The molecule has 2 atom stereocenters. The van der Waals surface area contributed by atoms with Crippen molar-refractivity contribution in [1.29, 1.82) is 0 Å². The van der Waals surface area contributed by atoms with Gasteiger partial charge in [0.15, 0.2) is 0 Å². The van der Waals surface area contributed by atoms with E-state index in [1.165, 1.54) is 0 Å². The fourth-order valence-corrected chi connectivity index (χ4v) is 2.44. The molecule has 1 aromatic carbocycles. The molecule has 4 nitrogen and oxygen atoms in total. The second-order valence-electron chi connectivity index (χ2n) is 5.16. The minimum atomic E-state index is 0.213. The minimum absolute atomic E-state index is 0.213. The predicted octanol–water partition coefficient (Wildman–Crippen LogP) is 2.37. The third-order valence-electron chi connectivity index (χ3n) is 3.46. The summed E-state index contributed by atoms with van der Waals surface area (Å²) in [6, 6.07) is 8.03. The van der Waals surface area contributed by atoms with E-state index < -0.39 is 0 Å². The van der Waals surface area contributed by atoms with Gasteiger partial charge in [0.25, 0.3) is 0 Å². The quantitative estimate of drug-likeness (QED) is 0.793. The average molecular weight is 279 g/mol. The third-order valence-corrected chi connectivity index (χ3v) is 3.46. The van der Waals surface area contributed by atoms with Crippen molar-refractivity contribution in [3.05, 3.63) is 29.8 Å². The largest absolute Gasteiger partial charge is 0.491 e. The highest BCUT2D eigenvalue weighted by Crippen LogP contribution is 2.21. The van der Waals surface area contributed by atoms with Crippen LogP contribution < -0.4 is 10.1 Å². The summed E-state index contributed by atoms with van der Waals surface area (Å²) < 4.78 is 16.9. The van der Waals surface area contributed by atoms with E-state index >= 15 is 0 Å². The Morgan fingerprint density at radius 1 is 1.30 bits per heavy atom. The molecular formula is C16H25NO3. The predicted molar refractivity (Wildman–Crippen MR) is 79.1 cm³/mol. The molecule has 0 amide bonds. The number of rotatable bonds is 8. The van der Waals surface area contributed by atoms with Crippen molar-refractivity contribution in [2.24, 2.45) is 0 Å². The van der Waals surface area contributed by atoms with Crippen LogP contribution in [-0.2, 0) is 16.1 Å². The molecule has 2 rings (SSSR count). The second kappa shape index (κ2) is 8.25. The van der Waals surface area contributed by atoms with E-state index in [0.29, 0.717) is 19.3 Å². The van der Waals surface area contributed by atoms with Gasteiger partial charge in [0.2, 0.25) is 0 Å². The molecule has 4 heteroatoms. The Labute approximate surface area is 121 Å². The van der Waals surface area contributed by atoms with Gasteiger partial charge in [-0.05, 0) is 37.1 Å². The SMILES string of the molecule is CCNCC1CCC(COc2cccc(COC)c2)O1. The zero-order chi connectivity index (χ0) is 14.2. The first kappa shape index (κ1) is 15.3. The molecule has 0 spiro atoms. The highest BCUT2D eigenvalue weighted by molar-refractivity contribution is 5.28. The Bertz CT molecular complexity index is 397. The normalized spacial score (nSPS) is 22.1. The lowest BCUT2D eigenvalue weighted by Gasteiger charge is -2.15. The number of hydrogen-bond acceptors (Lipinski definition) is 4. The molecule has 1 aliphatic rings. The Balaban J connectivity index is 1.74. The molecular weight excluding hydrogens is 254 g/mol. The highest BCUT2D eigenvalue weighted by Gasteiger charge is 2.25.